The van der Waals surface area contributed by atoms with Gasteiger partial charge < -0.3 is 13.7 Å². The molecule has 0 aliphatic heterocycles. The predicted molar refractivity (Wildman–Crippen MR) is 229 cm³/mol. The number of nitrogens with zero attached hydrogens (tertiary/aromatic N) is 1. The van der Waals surface area contributed by atoms with Crippen LogP contribution in [0.1, 0.15) is 0 Å². The van der Waals surface area contributed by atoms with E-state index >= 15 is 0 Å². The molecule has 0 saturated carbocycles. The lowest BCUT2D eigenvalue weighted by molar-refractivity contribution is 0.668. The lowest BCUT2D eigenvalue weighted by Gasteiger charge is -2.27. The van der Waals surface area contributed by atoms with E-state index in [9.17, 15) is 0 Å². The summed E-state index contributed by atoms with van der Waals surface area (Å²) in [5.41, 5.74) is 13.7. The van der Waals surface area contributed by atoms with Crippen molar-refractivity contribution in [2.75, 3.05) is 4.90 Å². The summed E-state index contributed by atoms with van der Waals surface area (Å²) in [7, 11) is 0. The van der Waals surface area contributed by atoms with Crippen LogP contribution in [0.15, 0.2) is 209 Å². The molecule has 11 rings (SSSR count). The van der Waals surface area contributed by atoms with Gasteiger partial charge in [0, 0.05) is 27.5 Å². The highest BCUT2D eigenvalue weighted by atomic mass is 16.3. The Labute approximate surface area is 317 Å². The minimum absolute atomic E-state index is 0.859. The van der Waals surface area contributed by atoms with Crippen LogP contribution in [-0.2, 0) is 0 Å². The number of furan rings is 2. The van der Waals surface area contributed by atoms with Crippen LogP contribution in [0.4, 0.5) is 17.1 Å². The number of benzene rings is 9. The van der Waals surface area contributed by atoms with E-state index in [1.807, 2.05) is 24.3 Å². The van der Waals surface area contributed by atoms with Gasteiger partial charge in [-0.1, -0.05) is 140 Å². The van der Waals surface area contributed by atoms with E-state index in [1.165, 1.54) is 21.9 Å². The highest BCUT2D eigenvalue weighted by Crippen LogP contribution is 2.45. The summed E-state index contributed by atoms with van der Waals surface area (Å²) in [5, 5.41) is 6.93. The first-order chi connectivity index (χ1) is 27.3. The molecule has 0 bridgehead atoms. The second-order valence-corrected chi connectivity index (χ2v) is 14.1. The predicted octanol–water partition coefficient (Wildman–Crippen LogP) is 15.1. The van der Waals surface area contributed by atoms with E-state index in [0.29, 0.717) is 0 Å². The molecule has 0 amide bonds. The fraction of sp³-hybridized carbons (Fsp3) is 0. The second kappa shape index (κ2) is 12.6. The Balaban J connectivity index is 1.07. The van der Waals surface area contributed by atoms with Gasteiger partial charge in [0.25, 0.3) is 0 Å². The Morgan fingerprint density at radius 1 is 0.309 bits per heavy atom. The summed E-state index contributed by atoms with van der Waals surface area (Å²) in [6.45, 7) is 0. The Morgan fingerprint density at radius 2 is 0.855 bits per heavy atom. The van der Waals surface area contributed by atoms with Crippen LogP contribution in [0.5, 0.6) is 0 Å². The second-order valence-electron chi connectivity index (χ2n) is 14.1. The molecular formula is C52H33NO2. The topological polar surface area (TPSA) is 29.5 Å². The number of hydrogen-bond acceptors (Lipinski definition) is 3. The average Bonchev–Trinajstić information content (AvgIpc) is 3.83. The Morgan fingerprint density at radius 3 is 1.65 bits per heavy atom. The number of hydrogen-bond donors (Lipinski definition) is 0. The third-order valence-corrected chi connectivity index (χ3v) is 10.9. The molecule has 0 fully saturated rings. The average molecular weight is 704 g/mol. The molecule has 2 aromatic heterocycles. The molecule has 9 aromatic carbocycles. The van der Waals surface area contributed by atoms with Gasteiger partial charge in [-0.3, -0.25) is 0 Å². The van der Waals surface area contributed by atoms with Crippen molar-refractivity contribution in [2.45, 2.75) is 0 Å². The van der Waals surface area contributed by atoms with Gasteiger partial charge in [-0.25, -0.2) is 0 Å². The third-order valence-electron chi connectivity index (χ3n) is 10.9. The minimum atomic E-state index is 0.859. The van der Waals surface area contributed by atoms with Gasteiger partial charge in [-0.05, 0) is 105 Å². The van der Waals surface area contributed by atoms with Crippen molar-refractivity contribution in [3.8, 4) is 33.4 Å². The maximum Gasteiger partial charge on any atom is 0.137 e. The highest BCUT2D eigenvalue weighted by Gasteiger charge is 2.20. The van der Waals surface area contributed by atoms with Gasteiger partial charge in [-0.2, -0.15) is 0 Å². The molecule has 0 N–H and O–H groups in total. The summed E-state index contributed by atoms with van der Waals surface area (Å²) >= 11 is 0. The number of para-hydroxylation sites is 2. The van der Waals surface area contributed by atoms with E-state index in [2.05, 4.69) is 181 Å². The van der Waals surface area contributed by atoms with Crippen molar-refractivity contribution in [2.24, 2.45) is 0 Å². The molecule has 0 unspecified atom stereocenters. The first-order valence-corrected chi connectivity index (χ1v) is 18.7. The smallest absolute Gasteiger partial charge is 0.137 e. The third kappa shape index (κ3) is 5.20. The van der Waals surface area contributed by atoms with E-state index in [4.69, 9.17) is 8.83 Å². The SMILES string of the molecule is c1cc(-c2cccc(N(c3ccc(-c4cccc5oc6ccccc6c45)cc3)c3cccc4oc5ccccc5c34)c2)cc(-c2cccc3ccccc23)c1. The number of anilines is 3. The maximum atomic E-state index is 6.40. The van der Waals surface area contributed by atoms with Crippen LogP contribution >= 0.6 is 0 Å². The first-order valence-electron chi connectivity index (χ1n) is 18.7. The Bertz CT molecular complexity index is 3220. The normalized spacial score (nSPS) is 11.6. The number of fused-ring (bicyclic) bond motifs is 7. The van der Waals surface area contributed by atoms with Crippen molar-refractivity contribution in [1.29, 1.82) is 0 Å². The summed E-state index contributed by atoms with van der Waals surface area (Å²) in [6.07, 6.45) is 0. The van der Waals surface area contributed by atoms with Crippen LogP contribution in [0.25, 0.3) is 88.0 Å². The van der Waals surface area contributed by atoms with Gasteiger partial charge in [0.05, 0.1) is 11.1 Å². The van der Waals surface area contributed by atoms with Crippen molar-refractivity contribution >= 4 is 71.7 Å². The first kappa shape index (κ1) is 31.2. The molecule has 3 nitrogen and oxygen atoms in total. The Hall–Kier alpha value is -7.36. The van der Waals surface area contributed by atoms with Crippen LogP contribution in [0.2, 0.25) is 0 Å². The van der Waals surface area contributed by atoms with E-state index in [-0.39, 0.29) is 0 Å². The van der Waals surface area contributed by atoms with Crippen LogP contribution in [0, 0.1) is 0 Å². The minimum Gasteiger partial charge on any atom is -0.456 e. The van der Waals surface area contributed by atoms with Gasteiger partial charge in [0.1, 0.15) is 22.3 Å². The van der Waals surface area contributed by atoms with Crippen LogP contribution in [0.3, 0.4) is 0 Å². The van der Waals surface area contributed by atoms with Crippen molar-refractivity contribution in [1.82, 2.24) is 0 Å². The molecule has 3 heteroatoms. The molecule has 258 valence electrons. The van der Waals surface area contributed by atoms with E-state index in [1.54, 1.807) is 0 Å². The van der Waals surface area contributed by atoms with Gasteiger partial charge >= 0.3 is 0 Å². The zero-order valence-electron chi connectivity index (χ0n) is 29.8. The zero-order valence-corrected chi connectivity index (χ0v) is 29.8. The van der Waals surface area contributed by atoms with Crippen LogP contribution in [-0.4, -0.2) is 0 Å². The van der Waals surface area contributed by atoms with Gasteiger partial charge in [0.2, 0.25) is 0 Å². The van der Waals surface area contributed by atoms with Gasteiger partial charge in [0.15, 0.2) is 0 Å². The van der Waals surface area contributed by atoms with Crippen molar-refractivity contribution in [3.05, 3.63) is 200 Å². The summed E-state index contributed by atoms with van der Waals surface area (Å²) in [6, 6.07) is 71.0. The molecule has 0 aliphatic carbocycles. The molecule has 0 aliphatic rings. The molecular weight excluding hydrogens is 671 g/mol. The lowest BCUT2D eigenvalue weighted by atomic mass is 9.95. The molecule has 0 spiro atoms. The monoisotopic (exact) mass is 703 g/mol. The van der Waals surface area contributed by atoms with Crippen LogP contribution < -0.4 is 4.90 Å². The largest absolute Gasteiger partial charge is 0.456 e. The van der Waals surface area contributed by atoms with Crippen molar-refractivity contribution < 1.29 is 8.83 Å². The number of rotatable bonds is 6. The highest BCUT2D eigenvalue weighted by molar-refractivity contribution is 6.14. The quantitative estimate of drug-likeness (QED) is 0.173. The molecule has 0 saturated heterocycles. The summed E-state index contributed by atoms with van der Waals surface area (Å²) in [4.78, 5) is 2.36. The molecule has 0 radical (unpaired) electrons. The van der Waals surface area contributed by atoms with E-state index < -0.39 is 0 Å². The Kier molecular flexibility index (Phi) is 7.17. The molecule has 2 heterocycles. The fourth-order valence-electron chi connectivity index (χ4n) is 8.34. The zero-order chi connectivity index (χ0) is 36.3. The van der Waals surface area contributed by atoms with Crippen molar-refractivity contribution in [3.63, 3.8) is 0 Å². The van der Waals surface area contributed by atoms with E-state index in [0.717, 1.165) is 83.2 Å². The maximum absolute atomic E-state index is 6.40. The molecule has 0 atom stereocenters. The summed E-state index contributed by atoms with van der Waals surface area (Å²) < 4.78 is 12.6. The molecule has 55 heavy (non-hydrogen) atoms. The molecule has 11 aromatic rings. The summed E-state index contributed by atoms with van der Waals surface area (Å²) in [5.74, 6) is 0. The standard InChI is InChI=1S/C52H33NO2/c1-2-18-41-34(12-1)13-9-21-42(41)38-16-7-14-36(32-38)37-15-8-17-40(33-37)53(46-23-11-27-50-52(46)45-20-4-6-25-48(45)55-50)39-30-28-35(29-31-39)43-22-10-26-49-51(43)44-19-3-5-24-47(44)54-49/h1-33H. The fourth-order valence-corrected chi connectivity index (χ4v) is 8.34. The lowest BCUT2D eigenvalue weighted by Crippen LogP contribution is -2.10. The van der Waals surface area contributed by atoms with Gasteiger partial charge in [-0.15, -0.1) is 0 Å².